The number of unbranched alkanes of at least 4 members (excludes halogenated alkanes) is 5. The first-order chi connectivity index (χ1) is 18.8. The van der Waals surface area contributed by atoms with Crippen molar-refractivity contribution in [1.29, 1.82) is 0 Å². The average Bonchev–Trinajstić information content (AvgIpc) is 3.42. The molecule has 0 saturated heterocycles. The van der Waals surface area contributed by atoms with Crippen LogP contribution in [0.2, 0.25) is 0 Å². The summed E-state index contributed by atoms with van der Waals surface area (Å²) in [5.74, 6) is 1.86. The predicted octanol–water partition coefficient (Wildman–Crippen LogP) is 8.82. The summed E-state index contributed by atoms with van der Waals surface area (Å²) in [7, 11) is 0. The smallest absolute Gasteiger partial charge is 0.213 e. The first kappa shape index (κ1) is 24.5. The Morgan fingerprint density at radius 3 is 2.45 bits per heavy atom. The van der Waals surface area contributed by atoms with Gasteiger partial charge >= 0.3 is 0 Å². The van der Waals surface area contributed by atoms with Crippen molar-refractivity contribution in [1.82, 2.24) is 5.01 Å². The molecule has 0 fully saturated rings. The van der Waals surface area contributed by atoms with E-state index in [1.54, 1.807) is 0 Å². The van der Waals surface area contributed by atoms with Crippen LogP contribution in [-0.2, 0) is 0 Å². The van der Waals surface area contributed by atoms with Crippen molar-refractivity contribution in [3.8, 4) is 11.5 Å². The normalized spacial score (nSPS) is 18.0. The number of ether oxygens (including phenoxy) is 2. The molecule has 0 saturated carbocycles. The highest BCUT2D eigenvalue weighted by atomic mass is 16.5. The van der Waals surface area contributed by atoms with Crippen molar-refractivity contribution >= 4 is 16.5 Å². The van der Waals surface area contributed by atoms with Gasteiger partial charge < -0.3 is 9.47 Å². The average molecular weight is 505 g/mol. The zero-order valence-corrected chi connectivity index (χ0v) is 22.2. The molecule has 2 aliphatic heterocycles. The molecular formula is C34H36N2O2. The lowest BCUT2D eigenvalue weighted by Gasteiger charge is -2.38. The van der Waals surface area contributed by atoms with Gasteiger partial charge in [-0.1, -0.05) is 93.6 Å². The lowest BCUT2D eigenvalue weighted by molar-refractivity contribution is -0.0190. The highest BCUT2D eigenvalue weighted by molar-refractivity contribution is 6.04. The molecule has 4 aromatic carbocycles. The number of rotatable bonds is 10. The minimum atomic E-state index is -0.277. The number of fused-ring (bicyclic) bond motifs is 4. The Kier molecular flexibility index (Phi) is 7.30. The molecule has 38 heavy (non-hydrogen) atoms. The SMILES string of the molecule is CCCCCCCCOc1ccc([C@@H]2Oc3ccccc3[C@H]3CC(c4ccc5ccccc5c4)=NN32)cc1. The van der Waals surface area contributed by atoms with Crippen LogP contribution in [0.15, 0.2) is 96.1 Å². The van der Waals surface area contributed by atoms with Gasteiger partial charge in [-0.15, -0.1) is 0 Å². The van der Waals surface area contributed by atoms with Crippen molar-refractivity contribution in [2.45, 2.75) is 64.1 Å². The molecule has 0 bridgehead atoms. The maximum atomic E-state index is 6.55. The highest BCUT2D eigenvalue weighted by Crippen LogP contribution is 2.47. The molecule has 2 heterocycles. The fourth-order valence-corrected chi connectivity index (χ4v) is 5.60. The van der Waals surface area contributed by atoms with Crippen LogP contribution in [0.25, 0.3) is 10.8 Å². The van der Waals surface area contributed by atoms with Crippen LogP contribution in [0.4, 0.5) is 0 Å². The van der Waals surface area contributed by atoms with Crippen molar-refractivity contribution in [3.63, 3.8) is 0 Å². The largest absolute Gasteiger partial charge is 0.494 e. The molecule has 4 heteroatoms. The molecule has 4 aromatic rings. The Hall–Kier alpha value is -3.79. The minimum absolute atomic E-state index is 0.148. The fourth-order valence-electron chi connectivity index (χ4n) is 5.60. The van der Waals surface area contributed by atoms with Gasteiger partial charge in [0.25, 0.3) is 0 Å². The summed E-state index contributed by atoms with van der Waals surface area (Å²) in [5, 5.41) is 9.79. The second kappa shape index (κ2) is 11.3. The lowest BCUT2D eigenvalue weighted by Crippen LogP contribution is -2.33. The standard InChI is InChI=1S/C34H36N2O2/c1-2-3-4-5-6-11-22-37-29-20-18-26(19-21-29)34-36-32(30-14-9-10-15-33(30)38-34)24-31(35-36)28-17-16-25-12-7-8-13-27(25)23-28/h7-10,12-21,23,32,34H,2-6,11,22,24H2,1H3/t32-,34+/m1/s1. The van der Waals surface area contributed by atoms with Gasteiger partial charge in [0, 0.05) is 17.5 Å². The molecule has 6 rings (SSSR count). The van der Waals surface area contributed by atoms with Gasteiger partial charge in [-0.05, 0) is 59.2 Å². The topological polar surface area (TPSA) is 34.1 Å². The number of hydrogen-bond donors (Lipinski definition) is 0. The minimum Gasteiger partial charge on any atom is -0.494 e. The Morgan fingerprint density at radius 2 is 1.58 bits per heavy atom. The Morgan fingerprint density at radius 1 is 0.816 bits per heavy atom. The summed E-state index contributed by atoms with van der Waals surface area (Å²) < 4.78 is 12.6. The summed E-state index contributed by atoms with van der Waals surface area (Å²) in [6.45, 7) is 3.02. The molecule has 0 aliphatic carbocycles. The van der Waals surface area contributed by atoms with E-state index >= 15 is 0 Å². The van der Waals surface area contributed by atoms with Gasteiger partial charge in [-0.25, -0.2) is 5.01 Å². The van der Waals surface area contributed by atoms with Crippen LogP contribution >= 0.6 is 0 Å². The molecule has 4 nitrogen and oxygen atoms in total. The van der Waals surface area contributed by atoms with E-state index in [1.807, 2.05) is 6.07 Å². The fraction of sp³-hybridized carbons (Fsp3) is 0.324. The van der Waals surface area contributed by atoms with E-state index < -0.39 is 0 Å². The van der Waals surface area contributed by atoms with Gasteiger partial charge in [0.05, 0.1) is 18.4 Å². The highest BCUT2D eigenvalue weighted by Gasteiger charge is 2.40. The van der Waals surface area contributed by atoms with Crippen LogP contribution in [0.1, 0.15) is 80.8 Å². The quantitative estimate of drug-likeness (QED) is 0.202. The molecular weight excluding hydrogens is 468 g/mol. The van der Waals surface area contributed by atoms with E-state index in [0.717, 1.165) is 42.2 Å². The first-order valence-electron chi connectivity index (χ1n) is 14.1. The van der Waals surface area contributed by atoms with Gasteiger partial charge in [-0.2, -0.15) is 5.10 Å². The maximum absolute atomic E-state index is 6.55. The number of para-hydroxylation sites is 1. The molecule has 2 atom stereocenters. The summed E-state index contributed by atoms with van der Waals surface area (Å²) in [6.07, 6.45) is 8.18. The van der Waals surface area contributed by atoms with Gasteiger partial charge in [-0.3, -0.25) is 0 Å². The molecule has 0 radical (unpaired) electrons. The van der Waals surface area contributed by atoms with Crippen LogP contribution in [0.3, 0.4) is 0 Å². The predicted molar refractivity (Wildman–Crippen MR) is 155 cm³/mol. The van der Waals surface area contributed by atoms with E-state index in [0.29, 0.717) is 0 Å². The Balaban J connectivity index is 1.20. The summed E-state index contributed by atoms with van der Waals surface area (Å²) in [4.78, 5) is 0. The van der Waals surface area contributed by atoms with E-state index in [4.69, 9.17) is 14.6 Å². The second-order valence-electron chi connectivity index (χ2n) is 10.4. The van der Waals surface area contributed by atoms with Crippen molar-refractivity contribution < 1.29 is 9.47 Å². The third-order valence-corrected chi connectivity index (χ3v) is 7.71. The van der Waals surface area contributed by atoms with Crippen molar-refractivity contribution in [2.75, 3.05) is 6.61 Å². The van der Waals surface area contributed by atoms with Crippen LogP contribution in [0, 0.1) is 0 Å². The van der Waals surface area contributed by atoms with Crippen molar-refractivity contribution in [2.24, 2.45) is 5.10 Å². The summed E-state index contributed by atoms with van der Waals surface area (Å²) in [5.41, 5.74) is 4.56. The molecule has 0 aromatic heterocycles. The molecule has 0 spiro atoms. The Bertz CT molecular complexity index is 1410. The van der Waals surface area contributed by atoms with Crippen LogP contribution < -0.4 is 9.47 Å². The summed E-state index contributed by atoms with van der Waals surface area (Å²) >= 11 is 0. The van der Waals surface area contributed by atoms with Crippen molar-refractivity contribution in [3.05, 3.63) is 108 Å². The third-order valence-electron chi connectivity index (χ3n) is 7.71. The molecule has 194 valence electrons. The van der Waals surface area contributed by atoms with Gasteiger partial charge in [0.2, 0.25) is 6.23 Å². The van der Waals surface area contributed by atoms with E-state index in [2.05, 4.69) is 96.9 Å². The number of hydrazone groups is 1. The zero-order valence-electron chi connectivity index (χ0n) is 22.2. The lowest BCUT2D eigenvalue weighted by atomic mass is 9.95. The second-order valence-corrected chi connectivity index (χ2v) is 10.4. The van der Waals surface area contributed by atoms with Crippen LogP contribution in [0.5, 0.6) is 11.5 Å². The number of benzene rings is 4. The number of hydrogen-bond acceptors (Lipinski definition) is 4. The van der Waals surface area contributed by atoms with E-state index in [9.17, 15) is 0 Å². The van der Waals surface area contributed by atoms with Gasteiger partial charge in [0.15, 0.2) is 0 Å². The maximum Gasteiger partial charge on any atom is 0.213 e. The monoisotopic (exact) mass is 504 g/mol. The molecule has 2 aliphatic rings. The molecule has 0 N–H and O–H groups in total. The Labute approximate surface area is 225 Å². The summed E-state index contributed by atoms with van der Waals surface area (Å²) in [6, 6.07) is 32.0. The molecule has 0 unspecified atom stereocenters. The van der Waals surface area contributed by atoms with E-state index in [1.165, 1.54) is 54.0 Å². The first-order valence-corrected chi connectivity index (χ1v) is 14.1. The van der Waals surface area contributed by atoms with Crippen LogP contribution in [-0.4, -0.2) is 17.3 Å². The molecule has 0 amide bonds. The zero-order chi connectivity index (χ0) is 25.7. The third kappa shape index (κ3) is 5.13. The van der Waals surface area contributed by atoms with Gasteiger partial charge in [0.1, 0.15) is 11.5 Å². The van der Waals surface area contributed by atoms with E-state index in [-0.39, 0.29) is 12.3 Å². The number of nitrogens with zero attached hydrogens (tertiary/aromatic N) is 2.